The summed E-state index contributed by atoms with van der Waals surface area (Å²) in [6, 6.07) is 17.9. The van der Waals surface area contributed by atoms with Crippen molar-refractivity contribution in [2.24, 2.45) is 17.2 Å². The first-order chi connectivity index (χ1) is 18.5. The van der Waals surface area contributed by atoms with Crippen LogP contribution in [-0.4, -0.2) is 66.6 Å². The lowest BCUT2D eigenvalue weighted by molar-refractivity contribution is -0.127. The van der Waals surface area contributed by atoms with Gasteiger partial charge in [-0.25, -0.2) is 5.01 Å². The quantitative estimate of drug-likeness (QED) is 0.121. The number of para-hydroxylation sites is 1. The zero-order valence-corrected chi connectivity index (χ0v) is 21.8. The molecule has 0 aliphatic heterocycles. The fourth-order valence-corrected chi connectivity index (χ4v) is 4.14. The summed E-state index contributed by atoms with van der Waals surface area (Å²) in [6.45, 7) is 3.07. The summed E-state index contributed by atoms with van der Waals surface area (Å²) >= 11 is 0. The molecule has 1 aromatic heterocycles. The van der Waals surface area contributed by atoms with Crippen molar-refractivity contribution in [1.82, 2.24) is 20.7 Å². The Morgan fingerprint density at radius 2 is 1.63 bits per heavy atom. The van der Waals surface area contributed by atoms with Crippen molar-refractivity contribution >= 4 is 28.4 Å². The molecule has 0 radical (unpaired) electrons. The molecule has 2 aromatic carbocycles. The normalized spacial score (nSPS) is 12.8. The number of aromatic nitrogens is 1. The number of aryl methyl sites for hydroxylation is 1. The van der Waals surface area contributed by atoms with Gasteiger partial charge in [0.15, 0.2) is 0 Å². The van der Waals surface area contributed by atoms with Gasteiger partial charge < -0.3 is 27.8 Å². The zero-order chi connectivity index (χ0) is 27.2. The summed E-state index contributed by atoms with van der Waals surface area (Å²) in [4.78, 5) is 30.6. The molecule has 204 valence electrons. The molecule has 3 rings (SSSR count). The number of amides is 2. The van der Waals surface area contributed by atoms with Gasteiger partial charge in [0, 0.05) is 38.1 Å². The molecular weight excluding hydrogens is 480 g/mol. The topological polar surface area (TPSA) is 164 Å². The van der Waals surface area contributed by atoms with Crippen LogP contribution in [0.4, 0.5) is 5.69 Å². The maximum Gasteiger partial charge on any atom is 0.247 e. The van der Waals surface area contributed by atoms with Gasteiger partial charge in [-0.05, 0) is 43.4 Å². The van der Waals surface area contributed by atoms with E-state index in [0.717, 1.165) is 16.5 Å². The Kier molecular flexibility index (Phi) is 12.1. The summed E-state index contributed by atoms with van der Waals surface area (Å²) < 4.78 is 0. The van der Waals surface area contributed by atoms with E-state index in [1.54, 1.807) is 6.20 Å². The molecule has 1 heterocycles. The lowest BCUT2D eigenvalue weighted by atomic mass is 10.0. The Labute approximate surface area is 224 Å². The van der Waals surface area contributed by atoms with E-state index in [4.69, 9.17) is 17.2 Å². The maximum absolute atomic E-state index is 13.3. The molecule has 0 bridgehead atoms. The molecule has 2 amide bonds. The van der Waals surface area contributed by atoms with Crippen LogP contribution in [0.5, 0.6) is 0 Å². The number of rotatable bonds is 16. The molecule has 2 atom stereocenters. The lowest BCUT2D eigenvalue weighted by Crippen LogP contribution is -2.50. The molecule has 0 saturated heterocycles. The monoisotopic (exact) mass is 520 g/mol. The van der Waals surface area contributed by atoms with Crippen LogP contribution in [-0.2, 0) is 16.0 Å². The third-order valence-corrected chi connectivity index (χ3v) is 6.22. The van der Waals surface area contributed by atoms with Crippen LogP contribution in [0.15, 0.2) is 66.9 Å². The van der Waals surface area contributed by atoms with Crippen LogP contribution in [0.1, 0.15) is 24.8 Å². The minimum atomic E-state index is -0.747. The van der Waals surface area contributed by atoms with E-state index in [-0.39, 0.29) is 11.8 Å². The molecule has 10 heteroatoms. The second-order valence-corrected chi connectivity index (χ2v) is 9.21. The van der Waals surface area contributed by atoms with Gasteiger partial charge in [0.25, 0.3) is 0 Å². The number of nitrogens with two attached hydrogens (primary N) is 3. The number of anilines is 1. The minimum Gasteiger partial charge on any atom is -0.343 e. The van der Waals surface area contributed by atoms with Gasteiger partial charge in [-0.2, -0.15) is 0 Å². The van der Waals surface area contributed by atoms with Crippen molar-refractivity contribution in [2.75, 3.05) is 38.0 Å². The number of hydrazine groups is 1. The summed E-state index contributed by atoms with van der Waals surface area (Å²) in [7, 11) is 0. The molecule has 9 N–H and O–H groups in total. The molecule has 0 fully saturated rings. The number of hydrogen-bond acceptors (Lipinski definition) is 8. The number of benzene rings is 2. The highest BCUT2D eigenvalue weighted by molar-refractivity contribution is 5.98. The van der Waals surface area contributed by atoms with E-state index in [9.17, 15) is 9.59 Å². The van der Waals surface area contributed by atoms with E-state index >= 15 is 0 Å². The van der Waals surface area contributed by atoms with E-state index in [0.29, 0.717) is 64.1 Å². The second-order valence-electron chi connectivity index (χ2n) is 9.21. The summed E-state index contributed by atoms with van der Waals surface area (Å²) in [6.07, 6.45) is 3.84. The number of carbonyl (C=O) groups excluding carboxylic acids is 2. The third-order valence-electron chi connectivity index (χ3n) is 6.22. The highest BCUT2D eigenvalue weighted by Crippen LogP contribution is 2.17. The van der Waals surface area contributed by atoms with Gasteiger partial charge in [0.2, 0.25) is 11.8 Å². The number of carbonyl (C=O) groups is 2. The molecule has 10 nitrogen and oxygen atoms in total. The Balaban J connectivity index is 1.58. The average molecular weight is 521 g/mol. The van der Waals surface area contributed by atoms with E-state index in [1.165, 1.54) is 0 Å². The Morgan fingerprint density at radius 3 is 2.37 bits per heavy atom. The van der Waals surface area contributed by atoms with Crippen LogP contribution >= 0.6 is 0 Å². The number of fused-ring (bicyclic) bond motifs is 1. The van der Waals surface area contributed by atoms with Crippen molar-refractivity contribution in [2.45, 2.75) is 37.8 Å². The first-order valence-electron chi connectivity index (χ1n) is 13.1. The summed E-state index contributed by atoms with van der Waals surface area (Å²) in [5, 5.41) is 8.67. The number of hydrogen-bond donors (Lipinski definition) is 6. The van der Waals surface area contributed by atoms with Crippen molar-refractivity contribution in [3.05, 3.63) is 72.4 Å². The SMILES string of the molecule is NCCN(CCN)NCCC[C@H](N)C(=O)N[C@@H](CCc1ccccc1)C(=O)Nc1cnc2ccccc2c1. The van der Waals surface area contributed by atoms with Gasteiger partial charge in [-0.3, -0.25) is 20.0 Å². The van der Waals surface area contributed by atoms with Crippen LogP contribution < -0.4 is 33.3 Å². The summed E-state index contributed by atoms with van der Waals surface area (Å²) in [5.41, 5.74) is 23.2. The number of pyridine rings is 1. The molecule has 0 aliphatic carbocycles. The third kappa shape index (κ3) is 9.47. The Bertz CT molecular complexity index is 1140. The largest absolute Gasteiger partial charge is 0.343 e. The predicted octanol–water partition coefficient (Wildman–Crippen LogP) is 1.12. The van der Waals surface area contributed by atoms with Crippen molar-refractivity contribution in [1.29, 1.82) is 0 Å². The first-order valence-corrected chi connectivity index (χ1v) is 13.1. The van der Waals surface area contributed by atoms with E-state index < -0.39 is 12.1 Å². The molecular formula is C28H40N8O2. The van der Waals surface area contributed by atoms with Crippen molar-refractivity contribution in [3.8, 4) is 0 Å². The van der Waals surface area contributed by atoms with Gasteiger partial charge in [-0.1, -0.05) is 48.5 Å². The second kappa shape index (κ2) is 15.8. The van der Waals surface area contributed by atoms with Crippen LogP contribution in [0.2, 0.25) is 0 Å². The minimum absolute atomic E-state index is 0.306. The van der Waals surface area contributed by atoms with Crippen molar-refractivity contribution in [3.63, 3.8) is 0 Å². The fraction of sp³-hybridized carbons (Fsp3) is 0.393. The van der Waals surface area contributed by atoms with Gasteiger partial charge >= 0.3 is 0 Å². The van der Waals surface area contributed by atoms with Crippen LogP contribution in [0, 0.1) is 0 Å². The molecule has 0 unspecified atom stereocenters. The smallest absolute Gasteiger partial charge is 0.247 e. The predicted molar refractivity (Wildman–Crippen MR) is 152 cm³/mol. The van der Waals surface area contributed by atoms with Gasteiger partial charge in [0.05, 0.1) is 23.4 Å². The van der Waals surface area contributed by atoms with Gasteiger partial charge in [-0.15, -0.1) is 0 Å². The molecule has 38 heavy (non-hydrogen) atoms. The van der Waals surface area contributed by atoms with Crippen LogP contribution in [0.25, 0.3) is 10.9 Å². The highest BCUT2D eigenvalue weighted by Gasteiger charge is 2.24. The van der Waals surface area contributed by atoms with E-state index in [2.05, 4.69) is 21.0 Å². The molecule has 0 saturated carbocycles. The van der Waals surface area contributed by atoms with Crippen molar-refractivity contribution < 1.29 is 9.59 Å². The lowest BCUT2D eigenvalue weighted by Gasteiger charge is -2.23. The average Bonchev–Trinajstić information content (AvgIpc) is 2.93. The molecule has 0 aliphatic rings. The van der Waals surface area contributed by atoms with Crippen LogP contribution in [0.3, 0.4) is 0 Å². The van der Waals surface area contributed by atoms with E-state index in [1.807, 2.05) is 65.7 Å². The Hall–Kier alpha value is -3.41. The molecule has 0 spiro atoms. The maximum atomic E-state index is 13.3. The van der Waals surface area contributed by atoms with Gasteiger partial charge in [0.1, 0.15) is 6.04 Å². The fourth-order valence-electron chi connectivity index (χ4n) is 4.14. The first kappa shape index (κ1) is 29.2. The molecule has 3 aromatic rings. The summed E-state index contributed by atoms with van der Waals surface area (Å²) in [5.74, 6) is -0.657. The number of nitrogens with one attached hydrogen (secondary N) is 3. The standard InChI is InChI=1S/C28H40N8O2/c29-14-17-36(18-15-30)33-16-6-10-24(31)27(37)35-26(13-12-21-7-2-1-3-8-21)28(38)34-23-19-22-9-4-5-11-25(22)32-20-23/h1-5,7-9,11,19-20,24,26,33H,6,10,12-18,29-31H2,(H,34,38)(H,35,37)/t24-,26-/m0/s1. The zero-order valence-electron chi connectivity index (χ0n) is 21.8. The highest BCUT2D eigenvalue weighted by atomic mass is 16.2. The Morgan fingerprint density at radius 1 is 0.921 bits per heavy atom. The number of nitrogens with zero attached hydrogens (tertiary/aromatic N) is 2.